The number of carbonyl (C=O) groups is 1. The lowest BCUT2D eigenvalue weighted by atomic mass is 10.7. The van der Waals surface area contributed by atoms with Gasteiger partial charge in [0, 0.05) is 13.7 Å². The summed E-state index contributed by atoms with van der Waals surface area (Å²) in [5.74, 6) is -0.372. The molecule has 0 unspecified atom stereocenters. The van der Waals surface area contributed by atoms with E-state index in [-0.39, 0.29) is 19.2 Å². The predicted molar refractivity (Wildman–Crippen MR) is 31.9 cm³/mol. The predicted octanol–water partition coefficient (Wildman–Crippen LogP) is -0.865. The Balaban J connectivity index is 3.06. The van der Waals surface area contributed by atoms with Gasteiger partial charge in [0.25, 0.3) is 0 Å². The smallest absolute Gasteiger partial charge is 0.332 e. The summed E-state index contributed by atoms with van der Waals surface area (Å²) in [4.78, 5) is 10.4. The van der Waals surface area contributed by atoms with Crippen molar-refractivity contribution in [3.63, 3.8) is 0 Å². The molecule has 0 aliphatic heterocycles. The van der Waals surface area contributed by atoms with E-state index in [9.17, 15) is 4.79 Å². The van der Waals surface area contributed by atoms with E-state index in [1.54, 1.807) is 0 Å². The van der Waals surface area contributed by atoms with Crippen molar-refractivity contribution >= 4 is 5.97 Å². The number of carbonyl (C=O) groups excluding carboxylic acids is 1. The highest BCUT2D eigenvalue weighted by Crippen LogP contribution is 1.76. The summed E-state index contributed by atoms with van der Waals surface area (Å²) in [6, 6.07) is 0. The van der Waals surface area contributed by atoms with Crippen molar-refractivity contribution in [2.45, 2.75) is 0 Å². The van der Waals surface area contributed by atoms with Crippen LogP contribution < -0.4 is 5.73 Å². The molecular formula is C5H11NO3. The van der Waals surface area contributed by atoms with Crippen LogP contribution in [-0.2, 0) is 14.3 Å². The number of ether oxygens (including phenoxy) is 2. The molecule has 0 aromatic rings. The fourth-order valence-electron chi connectivity index (χ4n) is 0.332. The molecule has 0 amide bonds. The summed E-state index contributed by atoms with van der Waals surface area (Å²) >= 11 is 0. The van der Waals surface area contributed by atoms with Crippen LogP contribution in [-0.4, -0.2) is 32.8 Å². The van der Waals surface area contributed by atoms with Crippen molar-refractivity contribution in [1.29, 1.82) is 0 Å². The van der Waals surface area contributed by atoms with Gasteiger partial charge in [0.1, 0.15) is 13.2 Å². The molecule has 9 heavy (non-hydrogen) atoms. The molecule has 0 saturated heterocycles. The van der Waals surface area contributed by atoms with E-state index in [0.717, 1.165) is 0 Å². The second kappa shape index (κ2) is 5.53. The van der Waals surface area contributed by atoms with Gasteiger partial charge >= 0.3 is 5.97 Å². The minimum atomic E-state index is -0.372. The Morgan fingerprint density at radius 1 is 1.67 bits per heavy atom. The molecule has 0 aromatic carbocycles. The van der Waals surface area contributed by atoms with Crippen LogP contribution in [0.15, 0.2) is 0 Å². The quantitative estimate of drug-likeness (QED) is 0.507. The summed E-state index contributed by atoms with van der Waals surface area (Å²) in [7, 11) is 1.43. The molecule has 0 aliphatic rings. The maximum atomic E-state index is 10.4. The van der Waals surface area contributed by atoms with Crippen molar-refractivity contribution < 1.29 is 14.3 Å². The Bertz CT molecular complexity index is 84.3. The topological polar surface area (TPSA) is 61.5 Å². The second-order valence-electron chi connectivity index (χ2n) is 1.44. The average Bonchev–Trinajstić information content (AvgIpc) is 1.85. The molecule has 54 valence electrons. The maximum Gasteiger partial charge on any atom is 0.332 e. The van der Waals surface area contributed by atoms with Crippen molar-refractivity contribution in [2.75, 3.05) is 26.9 Å². The van der Waals surface area contributed by atoms with Crippen LogP contribution in [0.3, 0.4) is 0 Å². The van der Waals surface area contributed by atoms with Gasteiger partial charge in [0.05, 0.1) is 0 Å². The largest absolute Gasteiger partial charge is 0.463 e. The first-order valence-corrected chi connectivity index (χ1v) is 2.66. The van der Waals surface area contributed by atoms with Crippen molar-refractivity contribution in [3.8, 4) is 0 Å². The first kappa shape index (κ1) is 8.39. The van der Waals surface area contributed by atoms with Gasteiger partial charge in [0.15, 0.2) is 0 Å². The molecule has 0 rings (SSSR count). The Morgan fingerprint density at radius 3 is 2.78 bits per heavy atom. The van der Waals surface area contributed by atoms with Crippen LogP contribution in [0, 0.1) is 0 Å². The summed E-state index contributed by atoms with van der Waals surface area (Å²) in [5.41, 5.74) is 5.05. The van der Waals surface area contributed by atoms with E-state index in [1.165, 1.54) is 7.11 Å². The highest BCUT2D eigenvalue weighted by molar-refractivity contribution is 5.70. The molecule has 0 radical (unpaired) electrons. The van der Waals surface area contributed by atoms with Crippen LogP contribution >= 0.6 is 0 Å². The first-order valence-electron chi connectivity index (χ1n) is 2.66. The van der Waals surface area contributed by atoms with Crippen molar-refractivity contribution in [3.05, 3.63) is 0 Å². The van der Waals surface area contributed by atoms with Gasteiger partial charge in [-0.25, -0.2) is 4.79 Å². The molecule has 4 heteroatoms. The molecule has 0 atom stereocenters. The summed E-state index contributed by atoms with van der Waals surface area (Å²) in [6.45, 7) is 0.623. The van der Waals surface area contributed by atoms with E-state index in [2.05, 4.69) is 9.47 Å². The Labute approximate surface area is 53.9 Å². The van der Waals surface area contributed by atoms with Crippen molar-refractivity contribution in [1.82, 2.24) is 0 Å². The van der Waals surface area contributed by atoms with Gasteiger partial charge in [-0.3, -0.25) is 0 Å². The second-order valence-corrected chi connectivity index (χ2v) is 1.44. The molecule has 2 N–H and O–H groups in total. The summed E-state index contributed by atoms with van der Waals surface area (Å²) in [5, 5.41) is 0. The van der Waals surface area contributed by atoms with Crippen LogP contribution in [0.25, 0.3) is 0 Å². The van der Waals surface area contributed by atoms with Gasteiger partial charge < -0.3 is 15.2 Å². The van der Waals surface area contributed by atoms with Gasteiger partial charge in [-0.15, -0.1) is 0 Å². The van der Waals surface area contributed by atoms with E-state index in [0.29, 0.717) is 6.54 Å². The summed E-state index contributed by atoms with van der Waals surface area (Å²) in [6.07, 6.45) is 0. The average molecular weight is 133 g/mol. The van der Waals surface area contributed by atoms with Gasteiger partial charge in [0.2, 0.25) is 0 Å². The molecule has 0 spiro atoms. The van der Waals surface area contributed by atoms with Crippen LogP contribution in [0.4, 0.5) is 0 Å². The number of rotatable bonds is 4. The zero-order chi connectivity index (χ0) is 7.11. The zero-order valence-electron chi connectivity index (χ0n) is 5.42. The number of esters is 1. The number of hydrogen-bond acceptors (Lipinski definition) is 4. The Hall–Kier alpha value is -0.610. The van der Waals surface area contributed by atoms with Gasteiger partial charge in [-0.2, -0.15) is 0 Å². The lowest BCUT2D eigenvalue weighted by Gasteiger charge is -1.99. The van der Waals surface area contributed by atoms with Crippen molar-refractivity contribution in [2.24, 2.45) is 5.73 Å². The van der Waals surface area contributed by atoms with E-state index in [4.69, 9.17) is 5.73 Å². The normalized spacial score (nSPS) is 9.11. The first-order chi connectivity index (χ1) is 4.31. The zero-order valence-corrected chi connectivity index (χ0v) is 5.42. The third-order valence-corrected chi connectivity index (χ3v) is 0.643. The van der Waals surface area contributed by atoms with Crippen LogP contribution in [0.2, 0.25) is 0 Å². The lowest BCUT2D eigenvalue weighted by Crippen LogP contribution is -2.16. The standard InChI is InChI=1S/C5H11NO3/c1-8-4-5(7)9-3-2-6/h2-4,6H2,1H3. The van der Waals surface area contributed by atoms with Crippen LogP contribution in [0.5, 0.6) is 0 Å². The SMILES string of the molecule is COCC(=O)OCCN. The molecule has 0 saturated carbocycles. The Kier molecular flexibility index (Phi) is 5.15. The molecule has 0 heterocycles. The monoisotopic (exact) mass is 133 g/mol. The Morgan fingerprint density at radius 2 is 2.33 bits per heavy atom. The third kappa shape index (κ3) is 5.26. The third-order valence-electron chi connectivity index (χ3n) is 0.643. The highest BCUT2D eigenvalue weighted by Gasteiger charge is 1.97. The number of hydrogen-bond donors (Lipinski definition) is 1. The number of nitrogens with two attached hydrogens (primary N) is 1. The van der Waals surface area contributed by atoms with E-state index >= 15 is 0 Å². The fourth-order valence-corrected chi connectivity index (χ4v) is 0.332. The lowest BCUT2D eigenvalue weighted by molar-refractivity contribution is -0.147. The minimum Gasteiger partial charge on any atom is -0.463 e. The molecule has 0 aromatic heterocycles. The molecule has 4 nitrogen and oxygen atoms in total. The van der Waals surface area contributed by atoms with E-state index in [1.807, 2.05) is 0 Å². The summed E-state index contributed by atoms with van der Waals surface area (Å²) < 4.78 is 9.03. The molecule has 0 bridgehead atoms. The molecular weight excluding hydrogens is 122 g/mol. The molecule has 0 aliphatic carbocycles. The van der Waals surface area contributed by atoms with Gasteiger partial charge in [-0.1, -0.05) is 0 Å². The highest BCUT2D eigenvalue weighted by atomic mass is 16.6. The van der Waals surface area contributed by atoms with Crippen LogP contribution in [0.1, 0.15) is 0 Å². The minimum absolute atomic E-state index is 0.000000000000000222. The van der Waals surface area contributed by atoms with E-state index < -0.39 is 0 Å². The maximum absolute atomic E-state index is 10.4. The fraction of sp³-hybridized carbons (Fsp3) is 0.800. The molecule has 0 fully saturated rings. The van der Waals surface area contributed by atoms with Gasteiger partial charge in [-0.05, 0) is 0 Å². The number of methoxy groups -OCH3 is 1.